The number of hydrogen-bond donors (Lipinski definition) is 5. The second kappa shape index (κ2) is 13.1. The third-order valence-corrected chi connectivity index (χ3v) is 12.5. The minimum Gasteiger partial charge on any atom is -0.510 e. The van der Waals surface area contributed by atoms with Crippen LogP contribution in [-0.4, -0.2) is 101 Å². The SMILES string of the molecule is CN(C)c1cc(-c2ccc(CN3CCC(c4ccccc4F)CC3)s2)c(O)c2c1CC1CC3C(N(C)C)C(O)=C(C(N)=O)C(=O)C3(O)C(O)=C1C2=O. The van der Waals surface area contributed by atoms with Crippen molar-refractivity contribution in [3.8, 4) is 16.2 Å². The molecule has 11 nitrogen and oxygen atoms in total. The van der Waals surface area contributed by atoms with E-state index < -0.39 is 58.0 Å². The van der Waals surface area contributed by atoms with Gasteiger partial charge in [-0.15, -0.1) is 11.3 Å². The van der Waals surface area contributed by atoms with Crippen molar-refractivity contribution in [2.24, 2.45) is 17.6 Å². The van der Waals surface area contributed by atoms with Crippen LogP contribution >= 0.6 is 11.3 Å². The van der Waals surface area contributed by atoms with Crippen LogP contribution in [0.5, 0.6) is 5.75 Å². The van der Waals surface area contributed by atoms with Crippen LogP contribution in [0.15, 0.2) is 65.1 Å². The van der Waals surface area contributed by atoms with Crippen LogP contribution in [0.1, 0.15) is 51.5 Å². The quantitative estimate of drug-likeness (QED) is 0.220. The molecule has 0 saturated carbocycles. The van der Waals surface area contributed by atoms with Gasteiger partial charge < -0.3 is 31.1 Å². The lowest BCUT2D eigenvalue weighted by atomic mass is 9.58. The van der Waals surface area contributed by atoms with Gasteiger partial charge in [0.25, 0.3) is 5.91 Å². The number of aromatic hydroxyl groups is 1. The molecule has 0 radical (unpaired) electrons. The zero-order chi connectivity index (χ0) is 37.4. The first-order chi connectivity index (χ1) is 24.6. The van der Waals surface area contributed by atoms with Crippen molar-refractivity contribution in [1.29, 1.82) is 0 Å². The zero-order valence-corrected chi connectivity index (χ0v) is 30.3. The lowest BCUT2D eigenvalue weighted by Gasteiger charge is -2.50. The monoisotopic (exact) mass is 730 g/mol. The predicted octanol–water partition coefficient (Wildman–Crippen LogP) is 4.43. The van der Waals surface area contributed by atoms with Crippen LogP contribution < -0.4 is 10.6 Å². The second-order valence-electron chi connectivity index (χ2n) is 14.8. The molecule has 4 unspecified atom stereocenters. The van der Waals surface area contributed by atoms with Crippen LogP contribution in [0, 0.1) is 17.7 Å². The van der Waals surface area contributed by atoms with Crippen molar-refractivity contribution in [1.82, 2.24) is 9.80 Å². The average molecular weight is 731 g/mol. The van der Waals surface area contributed by atoms with E-state index in [0.717, 1.165) is 41.2 Å². The number of aliphatic hydroxyl groups excluding tert-OH is 2. The summed E-state index contributed by atoms with van der Waals surface area (Å²) in [7, 11) is 6.88. The fourth-order valence-electron chi connectivity index (χ4n) is 8.92. The number of piperidine rings is 1. The number of carbonyl (C=O) groups excluding carboxylic acids is 3. The molecular formula is C39H43FN4O7S. The number of anilines is 1. The predicted molar refractivity (Wildman–Crippen MR) is 195 cm³/mol. The Kier molecular flexibility index (Phi) is 9.05. The molecule has 0 bridgehead atoms. The Balaban J connectivity index is 1.22. The summed E-state index contributed by atoms with van der Waals surface area (Å²) in [6.45, 7) is 2.31. The fourth-order valence-corrected chi connectivity index (χ4v) is 9.99. The van der Waals surface area contributed by atoms with E-state index in [0.29, 0.717) is 23.4 Å². The first kappa shape index (κ1) is 35.8. The van der Waals surface area contributed by atoms with Gasteiger partial charge in [0.1, 0.15) is 28.7 Å². The van der Waals surface area contributed by atoms with Crippen molar-refractivity contribution < 1.29 is 39.2 Å². The molecule has 274 valence electrons. The molecule has 1 amide bonds. The smallest absolute Gasteiger partial charge is 0.255 e. The lowest BCUT2D eigenvalue weighted by Crippen LogP contribution is -2.63. The standard InChI is InChI=1S/C39H43FN4O7S/c1-42(2)27-17-24(28-10-9-21(52-28)18-44-13-11-19(12-14-44)22-7-5-6-8-26(22)40)33(45)30-23(27)15-20-16-25-32(43(3)4)35(47)31(38(41)50)37(49)39(25,51)36(48)29(20)34(30)46/h5-10,17,19-20,25,32,45,47-48,51H,11-16,18H2,1-4H3,(H2,41,50). The molecule has 0 spiro atoms. The number of benzene rings is 2. The van der Waals surface area contributed by atoms with E-state index in [1.807, 2.05) is 49.3 Å². The van der Waals surface area contributed by atoms with E-state index in [1.165, 1.54) is 22.3 Å². The number of aliphatic hydroxyl groups is 3. The number of thiophene rings is 1. The molecule has 7 rings (SSSR count). The van der Waals surface area contributed by atoms with Gasteiger partial charge in [-0.2, -0.15) is 0 Å². The Morgan fingerprint density at radius 2 is 1.73 bits per heavy atom. The lowest BCUT2D eigenvalue weighted by molar-refractivity contribution is -0.148. The third kappa shape index (κ3) is 5.53. The van der Waals surface area contributed by atoms with E-state index in [2.05, 4.69) is 4.90 Å². The van der Waals surface area contributed by atoms with Crippen molar-refractivity contribution in [2.75, 3.05) is 46.2 Å². The van der Waals surface area contributed by atoms with Crippen LogP contribution in [0.2, 0.25) is 0 Å². The van der Waals surface area contributed by atoms with Crippen molar-refractivity contribution >= 4 is 34.5 Å². The van der Waals surface area contributed by atoms with E-state index in [4.69, 9.17) is 5.73 Å². The normalized spacial score (nSPS) is 25.3. The maximum absolute atomic E-state index is 14.5. The van der Waals surface area contributed by atoms with Crippen molar-refractivity contribution in [3.05, 3.63) is 92.5 Å². The van der Waals surface area contributed by atoms with Gasteiger partial charge in [0.2, 0.25) is 5.78 Å². The van der Waals surface area contributed by atoms with Gasteiger partial charge in [-0.25, -0.2) is 4.39 Å². The molecule has 6 N–H and O–H groups in total. The number of carbonyl (C=O) groups is 3. The van der Waals surface area contributed by atoms with Gasteiger partial charge in [0.05, 0.1) is 11.6 Å². The molecule has 13 heteroatoms. The molecule has 1 aliphatic heterocycles. The Morgan fingerprint density at radius 3 is 2.37 bits per heavy atom. The number of amides is 1. The number of hydrogen-bond acceptors (Lipinski definition) is 11. The van der Waals surface area contributed by atoms with E-state index >= 15 is 0 Å². The molecule has 4 atom stereocenters. The van der Waals surface area contributed by atoms with Gasteiger partial charge in [0, 0.05) is 53.1 Å². The van der Waals surface area contributed by atoms with E-state index in [-0.39, 0.29) is 41.5 Å². The molecule has 52 heavy (non-hydrogen) atoms. The highest BCUT2D eigenvalue weighted by Gasteiger charge is 2.63. The second-order valence-corrected chi connectivity index (χ2v) is 16.0. The third-order valence-electron chi connectivity index (χ3n) is 11.4. The Bertz CT molecular complexity index is 2060. The summed E-state index contributed by atoms with van der Waals surface area (Å²) in [4.78, 5) is 48.0. The number of likely N-dealkylation sites (tertiary alicyclic amines) is 1. The molecule has 3 aliphatic carbocycles. The van der Waals surface area contributed by atoms with Gasteiger partial charge in [0.15, 0.2) is 11.4 Å². The molecular weight excluding hydrogens is 688 g/mol. The fraction of sp³-hybridized carbons (Fsp3) is 0.410. The van der Waals surface area contributed by atoms with Crippen LogP contribution in [0.25, 0.3) is 10.4 Å². The van der Waals surface area contributed by atoms with Gasteiger partial charge >= 0.3 is 0 Å². The number of nitrogens with zero attached hydrogens (tertiary/aromatic N) is 3. The molecule has 3 aromatic rings. The summed E-state index contributed by atoms with van der Waals surface area (Å²) in [5.74, 6) is -6.75. The Labute approximate surface area is 305 Å². The number of allylic oxidation sites excluding steroid dienone is 1. The van der Waals surface area contributed by atoms with Crippen molar-refractivity contribution in [3.63, 3.8) is 0 Å². The number of halogens is 1. The minimum atomic E-state index is -2.70. The highest BCUT2D eigenvalue weighted by atomic mass is 32.1. The van der Waals surface area contributed by atoms with Gasteiger partial charge in [-0.05, 0) is 100 Å². The molecule has 1 aromatic heterocycles. The average Bonchev–Trinajstić information content (AvgIpc) is 3.54. The molecule has 1 saturated heterocycles. The number of ketones is 2. The summed E-state index contributed by atoms with van der Waals surface area (Å²) in [5, 5.41) is 46.5. The summed E-state index contributed by atoms with van der Waals surface area (Å²) >= 11 is 1.49. The zero-order valence-electron chi connectivity index (χ0n) is 29.5. The summed E-state index contributed by atoms with van der Waals surface area (Å²) in [6.07, 6.45) is 1.92. The summed E-state index contributed by atoms with van der Waals surface area (Å²) in [5.41, 5.74) is 4.17. The van der Waals surface area contributed by atoms with Crippen LogP contribution in [0.4, 0.5) is 10.1 Å². The van der Waals surface area contributed by atoms with Gasteiger partial charge in [-0.1, -0.05) is 18.2 Å². The molecule has 2 aromatic carbocycles. The summed E-state index contributed by atoms with van der Waals surface area (Å²) in [6, 6.07) is 11.6. The number of primary amides is 1. The van der Waals surface area contributed by atoms with E-state index in [1.54, 1.807) is 20.2 Å². The molecule has 1 fully saturated rings. The van der Waals surface area contributed by atoms with Gasteiger partial charge in [-0.3, -0.25) is 24.2 Å². The molecule has 4 aliphatic rings. The largest absolute Gasteiger partial charge is 0.510 e. The first-order valence-electron chi connectivity index (χ1n) is 17.4. The molecule has 2 heterocycles. The maximum Gasteiger partial charge on any atom is 0.255 e. The number of Topliss-reactive ketones (excluding diaryl/α,β-unsaturated/α-hetero) is 2. The topological polar surface area (TPSA) is 168 Å². The number of rotatable bonds is 7. The Hall–Kier alpha value is -4.56. The van der Waals surface area contributed by atoms with Crippen molar-refractivity contribution in [2.45, 2.75) is 49.8 Å². The summed E-state index contributed by atoms with van der Waals surface area (Å²) < 4.78 is 14.4. The van der Waals surface area contributed by atoms with Crippen LogP contribution in [-0.2, 0) is 22.6 Å². The number of phenols is 1. The Morgan fingerprint density at radius 1 is 1.04 bits per heavy atom. The number of likely N-dealkylation sites (N-methyl/N-ethyl adjacent to an activating group) is 1. The highest BCUT2D eigenvalue weighted by Crippen LogP contribution is 2.54. The number of phenolic OH excluding ortho intramolecular Hbond substituents is 1. The maximum atomic E-state index is 14.5. The highest BCUT2D eigenvalue weighted by molar-refractivity contribution is 7.15. The number of fused-ring (bicyclic) bond motifs is 3. The number of nitrogens with two attached hydrogens (primary N) is 1. The minimum absolute atomic E-state index is 0.0208. The van der Waals surface area contributed by atoms with E-state index in [9.17, 15) is 39.2 Å². The van der Waals surface area contributed by atoms with Crippen LogP contribution in [0.3, 0.4) is 0 Å². The first-order valence-corrected chi connectivity index (χ1v) is 18.2.